The maximum absolute atomic E-state index is 13.1. The molecule has 0 saturated heterocycles. The summed E-state index contributed by atoms with van der Waals surface area (Å²) in [6.07, 6.45) is 0.355. The molecule has 26 heavy (non-hydrogen) atoms. The van der Waals surface area contributed by atoms with E-state index in [4.69, 9.17) is 10.00 Å². The second-order valence-electron chi connectivity index (χ2n) is 5.94. The number of esters is 1. The number of carbonyl (C=O) groups excluding carboxylic acids is 2. The number of nitriles is 1. The normalized spacial score (nSPS) is 11.7. The first-order valence-corrected chi connectivity index (χ1v) is 8.32. The fourth-order valence-corrected chi connectivity index (χ4v) is 3.09. The standard InChI is InChI=1S/C21H18N2O3/c1-26-21(25)18(11-6-12-22)23-20(24)19-16-9-4-2-7-14(16)13-15-8-3-5-10-17(15)19/h2-5,7-10,13,18H,6,11H2,1H3,(H,23,24)/t18-/m0/s1. The molecule has 0 spiro atoms. The van der Waals surface area contributed by atoms with Crippen molar-refractivity contribution in [2.45, 2.75) is 18.9 Å². The van der Waals surface area contributed by atoms with Gasteiger partial charge in [-0.1, -0.05) is 48.5 Å². The van der Waals surface area contributed by atoms with Crippen LogP contribution in [0.3, 0.4) is 0 Å². The van der Waals surface area contributed by atoms with Gasteiger partial charge in [0.15, 0.2) is 0 Å². The number of hydrogen-bond donors (Lipinski definition) is 1. The molecule has 1 atom stereocenters. The van der Waals surface area contributed by atoms with E-state index in [0.29, 0.717) is 5.56 Å². The highest BCUT2D eigenvalue weighted by molar-refractivity contribution is 6.18. The molecule has 3 rings (SSSR count). The molecule has 0 fully saturated rings. The number of nitrogens with one attached hydrogen (secondary N) is 1. The summed E-state index contributed by atoms with van der Waals surface area (Å²) in [5.41, 5.74) is 0.518. The van der Waals surface area contributed by atoms with Crippen LogP contribution in [0.5, 0.6) is 0 Å². The molecule has 130 valence electrons. The van der Waals surface area contributed by atoms with Gasteiger partial charge in [-0.05, 0) is 34.0 Å². The van der Waals surface area contributed by atoms with Crippen LogP contribution in [-0.4, -0.2) is 25.0 Å². The summed E-state index contributed by atoms with van der Waals surface area (Å²) in [5, 5.41) is 15.0. The Balaban J connectivity index is 2.08. The van der Waals surface area contributed by atoms with Crippen molar-refractivity contribution in [1.29, 1.82) is 5.26 Å². The Morgan fingerprint density at radius 1 is 1.08 bits per heavy atom. The number of benzene rings is 3. The van der Waals surface area contributed by atoms with Gasteiger partial charge in [-0.2, -0.15) is 5.26 Å². The first kappa shape index (κ1) is 17.4. The molecule has 0 aliphatic heterocycles. The minimum absolute atomic E-state index is 0.149. The summed E-state index contributed by atoms with van der Waals surface area (Å²) in [4.78, 5) is 25.0. The quantitative estimate of drug-likeness (QED) is 0.566. The molecule has 3 aromatic carbocycles. The van der Waals surface area contributed by atoms with Crippen LogP contribution in [0.15, 0.2) is 54.6 Å². The Labute approximate surface area is 151 Å². The number of fused-ring (bicyclic) bond motifs is 2. The van der Waals surface area contributed by atoms with E-state index < -0.39 is 12.0 Å². The van der Waals surface area contributed by atoms with Gasteiger partial charge in [-0.25, -0.2) is 4.79 Å². The van der Waals surface area contributed by atoms with Gasteiger partial charge >= 0.3 is 5.97 Å². The van der Waals surface area contributed by atoms with Crippen molar-refractivity contribution in [3.05, 3.63) is 60.2 Å². The van der Waals surface area contributed by atoms with E-state index in [1.807, 2.05) is 60.7 Å². The third-order valence-corrected chi connectivity index (χ3v) is 4.33. The minimum atomic E-state index is -0.857. The maximum atomic E-state index is 13.1. The van der Waals surface area contributed by atoms with Gasteiger partial charge in [-0.3, -0.25) is 4.79 Å². The molecule has 3 aromatic rings. The monoisotopic (exact) mass is 346 g/mol. The largest absolute Gasteiger partial charge is 0.467 e. The van der Waals surface area contributed by atoms with Gasteiger partial charge in [0.2, 0.25) is 0 Å². The molecule has 0 aliphatic carbocycles. The molecule has 0 saturated carbocycles. The van der Waals surface area contributed by atoms with Gasteiger partial charge in [0.1, 0.15) is 6.04 Å². The fourth-order valence-electron chi connectivity index (χ4n) is 3.09. The lowest BCUT2D eigenvalue weighted by Gasteiger charge is -2.17. The highest BCUT2D eigenvalue weighted by Gasteiger charge is 2.23. The molecule has 5 heteroatoms. The highest BCUT2D eigenvalue weighted by atomic mass is 16.5. The summed E-state index contributed by atoms with van der Waals surface area (Å²) in [5.74, 6) is -0.913. The zero-order valence-corrected chi connectivity index (χ0v) is 14.4. The van der Waals surface area contributed by atoms with Gasteiger partial charge in [0, 0.05) is 6.42 Å². The van der Waals surface area contributed by atoms with Crippen molar-refractivity contribution < 1.29 is 14.3 Å². The second kappa shape index (κ2) is 7.66. The zero-order valence-electron chi connectivity index (χ0n) is 14.4. The van der Waals surface area contributed by atoms with Crippen molar-refractivity contribution in [2.24, 2.45) is 0 Å². The number of methoxy groups -OCH3 is 1. The molecule has 5 nitrogen and oxygen atoms in total. The number of rotatable bonds is 5. The minimum Gasteiger partial charge on any atom is -0.467 e. The van der Waals surface area contributed by atoms with Crippen molar-refractivity contribution in [2.75, 3.05) is 7.11 Å². The SMILES string of the molecule is COC(=O)[C@H](CCC#N)NC(=O)c1c2ccccc2cc2ccccc12. The van der Waals surface area contributed by atoms with Crippen LogP contribution >= 0.6 is 0 Å². The molecule has 0 heterocycles. The fraction of sp³-hybridized carbons (Fsp3) is 0.190. The Morgan fingerprint density at radius 3 is 2.19 bits per heavy atom. The first-order chi connectivity index (χ1) is 12.7. The van der Waals surface area contributed by atoms with E-state index in [-0.39, 0.29) is 18.7 Å². The maximum Gasteiger partial charge on any atom is 0.328 e. The second-order valence-corrected chi connectivity index (χ2v) is 5.94. The number of ether oxygens (including phenoxy) is 1. The van der Waals surface area contributed by atoms with E-state index in [1.54, 1.807) is 0 Å². The molecule has 0 aromatic heterocycles. The lowest BCUT2D eigenvalue weighted by molar-refractivity contribution is -0.143. The van der Waals surface area contributed by atoms with Gasteiger partial charge < -0.3 is 10.1 Å². The lowest BCUT2D eigenvalue weighted by Crippen LogP contribution is -2.41. The zero-order chi connectivity index (χ0) is 18.5. The van der Waals surface area contributed by atoms with Crippen LogP contribution in [0.4, 0.5) is 0 Å². The first-order valence-electron chi connectivity index (χ1n) is 8.32. The summed E-state index contributed by atoms with van der Waals surface area (Å²) in [7, 11) is 1.27. The highest BCUT2D eigenvalue weighted by Crippen LogP contribution is 2.28. The third-order valence-electron chi connectivity index (χ3n) is 4.33. The van der Waals surface area contributed by atoms with E-state index >= 15 is 0 Å². The summed E-state index contributed by atoms with van der Waals surface area (Å²) < 4.78 is 4.76. The van der Waals surface area contributed by atoms with E-state index in [2.05, 4.69) is 5.32 Å². The molecule has 0 aliphatic rings. The van der Waals surface area contributed by atoms with E-state index in [9.17, 15) is 9.59 Å². The van der Waals surface area contributed by atoms with Crippen LogP contribution in [0.2, 0.25) is 0 Å². The predicted octanol–water partition coefficient (Wildman–Crippen LogP) is 3.57. The summed E-state index contributed by atoms with van der Waals surface area (Å²) in [6, 6.07) is 18.4. The smallest absolute Gasteiger partial charge is 0.328 e. The molecular formula is C21H18N2O3. The Morgan fingerprint density at radius 2 is 1.65 bits per heavy atom. The Hall–Kier alpha value is -3.39. The number of carbonyl (C=O) groups is 2. The number of hydrogen-bond acceptors (Lipinski definition) is 4. The van der Waals surface area contributed by atoms with Crippen LogP contribution in [-0.2, 0) is 9.53 Å². The van der Waals surface area contributed by atoms with Gasteiger partial charge in [0.25, 0.3) is 5.91 Å². The molecule has 0 radical (unpaired) electrons. The molecule has 1 N–H and O–H groups in total. The average Bonchev–Trinajstić information content (AvgIpc) is 2.68. The summed E-state index contributed by atoms with van der Waals surface area (Å²) >= 11 is 0. The van der Waals surface area contributed by atoms with Crippen LogP contribution in [0.1, 0.15) is 23.2 Å². The molecule has 0 unspecified atom stereocenters. The van der Waals surface area contributed by atoms with E-state index in [1.165, 1.54) is 7.11 Å². The van der Waals surface area contributed by atoms with Gasteiger partial charge in [-0.15, -0.1) is 0 Å². The molecular weight excluding hydrogens is 328 g/mol. The Bertz CT molecular complexity index is 967. The Kier molecular flexibility index (Phi) is 5.14. The van der Waals surface area contributed by atoms with E-state index in [0.717, 1.165) is 21.5 Å². The number of nitrogens with zero attached hydrogens (tertiary/aromatic N) is 1. The van der Waals surface area contributed by atoms with Gasteiger partial charge in [0.05, 0.1) is 18.7 Å². The van der Waals surface area contributed by atoms with Crippen LogP contribution in [0, 0.1) is 11.3 Å². The predicted molar refractivity (Wildman–Crippen MR) is 99.6 cm³/mol. The summed E-state index contributed by atoms with van der Waals surface area (Å²) in [6.45, 7) is 0. The van der Waals surface area contributed by atoms with Crippen molar-refractivity contribution in [3.63, 3.8) is 0 Å². The molecule has 0 bridgehead atoms. The lowest BCUT2D eigenvalue weighted by atomic mass is 9.96. The third kappa shape index (κ3) is 3.35. The van der Waals surface area contributed by atoms with Crippen molar-refractivity contribution in [3.8, 4) is 6.07 Å². The molecule has 1 amide bonds. The number of amides is 1. The van der Waals surface area contributed by atoms with Crippen molar-refractivity contribution in [1.82, 2.24) is 5.32 Å². The van der Waals surface area contributed by atoms with Crippen LogP contribution < -0.4 is 5.32 Å². The average molecular weight is 346 g/mol. The van der Waals surface area contributed by atoms with Crippen LogP contribution in [0.25, 0.3) is 21.5 Å². The topological polar surface area (TPSA) is 79.2 Å². The van der Waals surface area contributed by atoms with Crippen molar-refractivity contribution >= 4 is 33.4 Å².